The van der Waals surface area contributed by atoms with Crippen molar-refractivity contribution < 1.29 is 4.74 Å². The Morgan fingerprint density at radius 1 is 1.15 bits per heavy atom. The number of hydrogen-bond acceptors (Lipinski definition) is 2. The van der Waals surface area contributed by atoms with E-state index in [1.54, 1.807) is 0 Å². The molecule has 0 aromatic heterocycles. The fourth-order valence-corrected chi connectivity index (χ4v) is 2.54. The second kappa shape index (κ2) is 3.58. The molecule has 2 nitrogen and oxygen atoms in total. The van der Waals surface area contributed by atoms with Crippen LogP contribution in [0, 0.1) is 0 Å². The summed E-state index contributed by atoms with van der Waals surface area (Å²) in [5, 5.41) is 3.57. The predicted octanol–water partition coefficient (Wildman–Crippen LogP) is 2.09. The summed E-state index contributed by atoms with van der Waals surface area (Å²) in [4.78, 5) is 0. The van der Waals surface area contributed by atoms with Crippen molar-refractivity contribution in [1.82, 2.24) is 5.32 Å². The van der Waals surface area contributed by atoms with Crippen molar-refractivity contribution in [1.29, 1.82) is 0 Å². The fraction of sp³-hybridized carbons (Fsp3) is 1.00. The van der Waals surface area contributed by atoms with Gasteiger partial charge in [-0.1, -0.05) is 19.3 Å². The molecule has 2 fully saturated rings. The summed E-state index contributed by atoms with van der Waals surface area (Å²) in [5.41, 5.74) is 0.199. The largest absolute Gasteiger partial charge is 0.369 e. The van der Waals surface area contributed by atoms with Crippen LogP contribution in [0.25, 0.3) is 0 Å². The molecule has 2 rings (SSSR count). The Hall–Kier alpha value is -0.0800. The summed E-state index contributed by atoms with van der Waals surface area (Å²) in [6, 6.07) is 0.521. The topological polar surface area (TPSA) is 21.3 Å². The lowest BCUT2D eigenvalue weighted by Gasteiger charge is -2.46. The van der Waals surface area contributed by atoms with E-state index in [0.29, 0.717) is 12.1 Å². The fourth-order valence-electron chi connectivity index (χ4n) is 2.54. The van der Waals surface area contributed by atoms with Crippen LogP contribution in [-0.4, -0.2) is 24.3 Å². The molecule has 1 saturated heterocycles. The number of morpholine rings is 1. The lowest BCUT2D eigenvalue weighted by molar-refractivity contribution is -0.141. The highest BCUT2D eigenvalue weighted by Crippen LogP contribution is 2.34. The molecule has 1 aliphatic heterocycles. The lowest BCUT2D eigenvalue weighted by Crippen LogP contribution is -2.57. The van der Waals surface area contributed by atoms with Crippen LogP contribution < -0.4 is 5.32 Å². The van der Waals surface area contributed by atoms with Crippen LogP contribution in [-0.2, 0) is 4.74 Å². The van der Waals surface area contributed by atoms with Crippen molar-refractivity contribution in [2.75, 3.05) is 6.54 Å². The molecule has 1 aliphatic carbocycles. The van der Waals surface area contributed by atoms with E-state index in [1.165, 1.54) is 32.1 Å². The highest BCUT2D eigenvalue weighted by Gasteiger charge is 2.39. The molecule has 2 aliphatic rings. The molecule has 0 radical (unpaired) electrons. The van der Waals surface area contributed by atoms with E-state index < -0.39 is 0 Å². The third kappa shape index (κ3) is 1.89. The van der Waals surface area contributed by atoms with Gasteiger partial charge in [0.1, 0.15) is 0 Å². The SMILES string of the molecule is CC1NCC2(CCCCC2)OC1C. The second-order valence-corrected chi connectivity index (χ2v) is 4.74. The van der Waals surface area contributed by atoms with Gasteiger partial charge < -0.3 is 10.1 Å². The minimum absolute atomic E-state index is 0.199. The van der Waals surface area contributed by atoms with Crippen LogP contribution in [0.2, 0.25) is 0 Å². The van der Waals surface area contributed by atoms with Crippen LogP contribution in [0.4, 0.5) is 0 Å². The van der Waals surface area contributed by atoms with Gasteiger partial charge in [0.25, 0.3) is 0 Å². The zero-order valence-electron chi connectivity index (χ0n) is 8.81. The van der Waals surface area contributed by atoms with Crippen LogP contribution in [0.5, 0.6) is 0 Å². The summed E-state index contributed by atoms with van der Waals surface area (Å²) in [6.07, 6.45) is 7.00. The quantitative estimate of drug-likeness (QED) is 0.621. The minimum Gasteiger partial charge on any atom is -0.369 e. The maximum atomic E-state index is 6.16. The van der Waals surface area contributed by atoms with Crippen LogP contribution in [0.1, 0.15) is 46.0 Å². The molecule has 0 amide bonds. The van der Waals surface area contributed by atoms with Crippen molar-refractivity contribution in [3.05, 3.63) is 0 Å². The normalized spacial score (nSPS) is 39.2. The smallest absolute Gasteiger partial charge is 0.0810 e. The van der Waals surface area contributed by atoms with Gasteiger partial charge in [0.15, 0.2) is 0 Å². The number of hydrogen-bond donors (Lipinski definition) is 1. The summed E-state index contributed by atoms with van der Waals surface area (Å²) >= 11 is 0. The molecular weight excluding hydrogens is 162 g/mol. The standard InChI is InChI=1S/C11H21NO/c1-9-10(2)13-11(8-12-9)6-4-3-5-7-11/h9-10,12H,3-8H2,1-2H3. The molecule has 0 aromatic rings. The molecular formula is C11H21NO. The summed E-state index contributed by atoms with van der Waals surface area (Å²) in [6.45, 7) is 5.46. The van der Waals surface area contributed by atoms with Crippen LogP contribution >= 0.6 is 0 Å². The maximum absolute atomic E-state index is 6.16. The molecule has 2 atom stereocenters. The van der Waals surface area contributed by atoms with Gasteiger partial charge in [-0.2, -0.15) is 0 Å². The van der Waals surface area contributed by atoms with E-state index in [2.05, 4.69) is 19.2 Å². The molecule has 2 heteroatoms. The lowest BCUT2D eigenvalue weighted by atomic mass is 9.83. The van der Waals surface area contributed by atoms with E-state index >= 15 is 0 Å². The molecule has 1 spiro atoms. The van der Waals surface area contributed by atoms with Crippen molar-refractivity contribution in [2.45, 2.75) is 63.7 Å². The molecule has 1 heterocycles. The maximum Gasteiger partial charge on any atom is 0.0810 e. The number of nitrogens with one attached hydrogen (secondary N) is 1. The first-order valence-electron chi connectivity index (χ1n) is 5.63. The summed E-state index contributed by atoms with van der Waals surface area (Å²) in [7, 11) is 0. The van der Waals surface area contributed by atoms with Gasteiger partial charge in [-0.3, -0.25) is 0 Å². The van der Waals surface area contributed by atoms with E-state index in [1.807, 2.05) is 0 Å². The van der Waals surface area contributed by atoms with Gasteiger partial charge in [-0.15, -0.1) is 0 Å². The van der Waals surface area contributed by atoms with Crippen LogP contribution in [0.3, 0.4) is 0 Å². The van der Waals surface area contributed by atoms with E-state index in [0.717, 1.165) is 6.54 Å². The zero-order valence-corrected chi connectivity index (χ0v) is 8.81. The molecule has 76 valence electrons. The van der Waals surface area contributed by atoms with Crippen molar-refractivity contribution in [3.63, 3.8) is 0 Å². The highest BCUT2D eigenvalue weighted by atomic mass is 16.5. The van der Waals surface area contributed by atoms with Crippen LogP contribution in [0.15, 0.2) is 0 Å². The Labute approximate surface area is 81.0 Å². The monoisotopic (exact) mass is 183 g/mol. The van der Waals surface area contributed by atoms with Gasteiger partial charge in [-0.05, 0) is 26.7 Å². The molecule has 0 bridgehead atoms. The first kappa shape index (κ1) is 9.47. The van der Waals surface area contributed by atoms with Gasteiger partial charge >= 0.3 is 0 Å². The van der Waals surface area contributed by atoms with Gasteiger partial charge in [-0.25, -0.2) is 0 Å². The minimum atomic E-state index is 0.199. The van der Waals surface area contributed by atoms with Gasteiger partial charge in [0.2, 0.25) is 0 Å². The van der Waals surface area contributed by atoms with Gasteiger partial charge in [0.05, 0.1) is 11.7 Å². The number of ether oxygens (including phenoxy) is 1. The van der Waals surface area contributed by atoms with Crippen molar-refractivity contribution in [2.24, 2.45) is 0 Å². The van der Waals surface area contributed by atoms with Crippen molar-refractivity contribution >= 4 is 0 Å². The van der Waals surface area contributed by atoms with Gasteiger partial charge in [0, 0.05) is 12.6 Å². The average Bonchev–Trinajstić information content (AvgIpc) is 2.14. The first-order valence-corrected chi connectivity index (χ1v) is 5.63. The van der Waals surface area contributed by atoms with E-state index in [4.69, 9.17) is 4.74 Å². The average molecular weight is 183 g/mol. The third-order valence-electron chi connectivity index (χ3n) is 3.65. The Balaban J connectivity index is 1.99. The number of rotatable bonds is 0. The molecule has 2 unspecified atom stereocenters. The first-order chi connectivity index (χ1) is 6.22. The Kier molecular flexibility index (Phi) is 2.61. The zero-order chi connectivity index (χ0) is 9.31. The molecule has 13 heavy (non-hydrogen) atoms. The predicted molar refractivity (Wildman–Crippen MR) is 53.8 cm³/mol. The molecule has 0 aromatic carbocycles. The highest BCUT2D eigenvalue weighted by molar-refractivity contribution is 4.93. The third-order valence-corrected chi connectivity index (χ3v) is 3.65. The molecule has 1 saturated carbocycles. The van der Waals surface area contributed by atoms with E-state index in [9.17, 15) is 0 Å². The summed E-state index contributed by atoms with van der Waals surface area (Å²) < 4.78 is 6.16. The Morgan fingerprint density at radius 2 is 1.85 bits per heavy atom. The Bertz CT molecular complexity index is 175. The summed E-state index contributed by atoms with van der Waals surface area (Å²) in [5.74, 6) is 0. The van der Waals surface area contributed by atoms with E-state index in [-0.39, 0.29) is 5.60 Å². The Morgan fingerprint density at radius 3 is 2.46 bits per heavy atom. The molecule has 1 N–H and O–H groups in total. The van der Waals surface area contributed by atoms with Crippen molar-refractivity contribution in [3.8, 4) is 0 Å². The second-order valence-electron chi connectivity index (χ2n) is 4.74.